The van der Waals surface area contributed by atoms with Gasteiger partial charge in [0.05, 0.1) is 0 Å². The van der Waals surface area contributed by atoms with Crippen LogP contribution in [0.15, 0.2) is 11.4 Å². The van der Waals surface area contributed by atoms with Crippen LogP contribution in [-0.4, -0.2) is 21.1 Å². The Bertz CT molecular complexity index is 219. The summed E-state index contributed by atoms with van der Waals surface area (Å²) in [4.78, 5) is 17.8. The Labute approximate surface area is 91.7 Å². The average Bonchev–Trinajstić information content (AvgIpc) is 2.14. The normalized spacial score (nSPS) is 27.3. The van der Waals surface area contributed by atoms with E-state index in [2.05, 4.69) is 0 Å². The molecule has 1 aliphatic carbocycles. The second-order valence-corrected chi connectivity index (χ2v) is 5.11. The quantitative estimate of drug-likeness (QED) is 0.437. The number of allylic oxidation sites excluding steroid dienone is 1. The van der Waals surface area contributed by atoms with Gasteiger partial charge in [0, 0.05) is 0 Å². The van der Waals surface area contributed by atoms with Crippen molar-refractivity contribution < 1.29 is 14.9 Å². The topological polar surface area (TPSA) is 86.7 Å². The van der Waals surface area contributed by atoms with Gasteiger partial charge in [-0.15, -0.1) is 0 Å². The molecule has 0 amide bonds. The fraction of sp³-hybridized carbons (Fsp3) is 0.800. The van der Waals surface area contributed by atoms with Crippen LogP contribution in [0.1, 0.15) is 38.5 Å². The highest BCUT2D eigenvalue weighted by Crippen LogP contribution is 2.36. The van der Waals surface area contributed by atoms with Gasteiger partial charge in [-0.05, 0) is 50.3 Å². The van der Waals surface area contributed by atoms with Gasteiger partial charge in [0.15, 0.2) is 8.38 Å². The Morgan fingerprint density at radius 1 is 1.53 bits per heavy atom. The molecule has 1 rings (SSSR count). The molecule has 0 aromatic heterocycles. The molecule has 1 fully saturated rings. The van der Waals surface area contributed by atoms with E-state index in [1.807, 2.05) is 0 Å². The zero-order chi connectivity index (χ0) is 11.3. The molecule has 0 radical (unpaired) electrons. The molecule has 15 heavy (non-hydrogen) atoms. The maximum Gasteiger partial charge on any atom is 0.191 e. The summed E-state index contributed by atoms with van der Waals surface area (Å²) in [7, 11) is -1.90. The molecule has 0 bridgehead atoms. The van der Waals surface area contributed by atoms with Gasteiger partial charge in [0.1, 0.15) is 6.23 Å². The Morgan fingerprint density at radius 3 is 2.87 bits per heavy atom. The van der Waals surface area contributed by atoms with Gasteiger partial charge in [-0.2, -0.15) is 0 Å². The van der Waals surface area contributed by atoms with Crippen LogP contribution < -0.4 is 5.73 Å². The van der Waals surface area contributed by atoms with Crippen LogP contribution in [-0.2, 0) is 0 Å². The van der Waals surface area contributed by atoms with E-state index in [0.29, 0.717) is 12.3 Å². The number of aliphatic hydroxyl groups excluding tert-OH is 1. The number of hydrogen-bond acceptors (Lipinski definition) is 4. The molecule has 88 valence electrons. The van der Waals surface area contributed by atoms with Crippen LogP contribution in [0.2, 0.25) is 0 Å². The van der Waals surface area contributed by atoms with E-state index < -0.39 is 14.6 Å². The molecular formula is C10H20NO3P. The summed E-state index contributed by atoms with van der Waals surface area (Å²) < 4.78 is 0. The molecule has 2 unspecified atom stereocenters. The van der Waals surface area contributed by atoms with Gasteiger partial charge < -0.3 is 20.6 Å². The molecule has 0 aromatic rings. The van der Waals surface area contributed by atoms with E-state index in [1.54, 1.807) is 5.82 Å². The first kappa shape index (κ1) is 13.1. The third-order valence-corrected chi connectivity index (χ3v) is 3.43. The third-order valence-electron chi connectivity index (χ3n) is 2.83. The summed E-state index contributed by atoms with van der Waals surface area (Å²) in [6.45, 7) is 0. The zero-order valence-corrected chi connectivity index (χ0v) is 9.74. The summed E-state index contributed by atoms with van der Waals surface area (Å²) in [6, 6.07) is 0. The van der Waals surface area contributed by atoms with Gasteiger partial charge in [0.25, 0.3) is 0 Å². The SMILES string of the molecule is NC(O)CCC1CCCC(=CP(O)O)C1. The van der Waals surface area contributed by atoms with Crippen LogP contribution >= 0.6 is 8.38 Å². The molecule has 0 saturated heterocycles. The van der Waals surface area contributed by atoms with E-state index in [1.165, 1.54) is 0 Å². The third kappa shape index (κ3) is 5.59. The molecule has 0 spiro atoms. The predicted molar refractivity (Wildman–Crippen MR) is 60.8 cm³/mol. The fourth-order valence-electron chi connectivity index (χ4n) is 2.13. The molecule has 0 heterocycles. The van der Waals surface area contributed by atoms with E-state index in [0.717, 1.165) is 37.7 Å². The molecule has 2 atom stereocenters. The van der Waals surface area contributed by atoms with Crippen molar-refractivity contribution in [2.45, 2.75) is 44.8 Å². The molecule has 5 N–H and O–H groups in total. The highest BCUT2D eigenvalue weighted by atomic mass is 31.2. The zero-order valence-electron chi connectivity index (χ0n) is 8.84. The molecule has 5 heteroatoms. The first-order valence-corrected chi connectivity index (χ1v) is 6.69. The van der Waals surface area contributed by atoms with Gasteiger partial charge in [-0.3, -0.25) is 0 Å². The van der Waals surface area contributed by atoms with Gasteiger partial charge in [-0.1, -0.05) is 5.57 Å². The minimum Gasteiger partial charge on any atom is -0.379 e. The van der Waals surface area contributed by atoms with Gasteiger partial charge >= 0.3 is 0 Å². The maximum atomic E-state index is 8.98. The summed E-state index contributed by atoms with van der Waals surface area (Å²) in [5.74, 6) is 2.12. The predicted octanol–water partition coefficient (Wildman–Crippen LogP) is 1.41. The summed E-state index contributed by atoms with van der Waals surface area (Å²) in [6.07, 6.45) is 4.98. The first-order valence-electron chi connectivity index (χ1n) is 5.38. The molecule has 0 aromatic carbocycles. The van der Waals surface area contributed by atoms with Crippen LogP contribution in [0.25, 0.3) is 0 Å². The Balaban J connectivity index is 2.35. The molecule has 4 nitrogen and oxygen atoms in total. The molecule has 1 aliphatic rings. The van der Waals surface area contributed by atoms with Crippen molar-refractivity contribution in [2.75, 3.05) is 0 Å². The minimum absolute atomic E-state index is 0.540. The first-order chi connectivity index (χ1) is 7.08. The fourth-order valence-corrected chi connectivity index (χ4v) is 2.69. The monoisotopic (exact) mass is 233 g/mol. The van der Waals surface area contributed by atoms with Gasteiger partial charge in [-0.25, -0.2) is 0 Å². The van der Waals surface area contributed by atoms with Crippen molar-refractivity contribution in [1.29, 1.82) is 0 Å². The van der Waals surface area contributed by atoms with E-state index >= 15 is 0 Å². The van der Waals surface area contributed by atoms with Crippen LogP contribution in [0.3, 0.4) is 0 Å². The Morgan fingerprint density at radius 2 is 2.27 bits per heavy atom. The summed E-state index contributed by atoms with van der Waals surface area (Å²) in [5, 5.41) is 8.98. The highest BCUT2D eigenvalue weighted by molar-refractivity contribution is 7.48. The standard InChI is InChI=1S/C10H20NO3P/c11-10(12)5-4-8-2-1-3-9(6-8)7-15(13)14/h7-8,10,12-14H,1-6,11H2. The smallest absolute Gasteiger partial charge is 0.191 e. The van der Waals surface area contributed by atoms with Crippen molar-refractivity contribution >= 4 is 8.38 Å². The Hall–Kier alpha value is 0.01000. The van der Waals surface area contributed by atoms with Crippen molar-refractivity contribution in [3.05, 3.63) is 11.4 Å². The number of aliphatic hydroxyl groups is 1. The second-order valence-electron chi connectivity index (χ2n) is 4.21. The number of rotatable bonds is 4. The maximum absolute atomic E-state index is 8.98. The lowest BCUT2D eigenvalue weighted by atomic mass is 9.83. The largest absolute Gasteiger partial charge is 0.379 e. The van der Waals surface area contributed by atoms with Gasteiger partial charge in [0.2, 0.25) is 0 Å². The Kier molecular flexibility index (Phi) is 5.72. The van der Waals surface area contributed by atoms with Crippen molar-refractivity contribution in [3.8, 4) is 0 Å². The molecular weight excluding hydrogens is 213 g/mol. The lowest BCUT2D eigenvalue weighted by molar-refractivity contribution is 0.158. The minimum atomic E-state index is -1.90. The average molecular weight is 233 g/mol. The van der Waals surface area contributed by atoms with Crippen molar-refractivity contribution in [1.82, 2.24) is 0 Å². The van der Waals surface area contributed by atoms with E-state index in [9.17, 15) is 0 Å². The van der Waals surface area contributed by atoms with E-state index in [-0.39, 0.29) is 0 Å². The molecule has 1 saturated carbocycles. The van der Waals surface area contributed by atoms with Crippen LogP contribution in [0.4, 0.5) is 0 Å². The summed E-state index contributed by atoms with van der Waals surface area (Å²) in [5.41, 5.74) is 6.44. The van der Waals surface area contributed by atoms with Crippen molar-refractivity contribution in [2.24, 2.45) is 11.7 Å². The highest BCUT2D eigenvalue weighted by Gasteiger charge is 2.18. The molecule has 0 aliphatic heterocycles. The second kappa shape index (κ2) is 6.56. The summed E-state index contributed by atoms with van der Waals surface area (Å²) >= 11 is 0. The van der Waals surface area contributed by atoms with Crippen LogP contribution in [0, 0.1) is 5.92 Å². The number of hydrogen-bond donors (Lipinski definition) is 4. The van der Waals surface area contributed by atoms with E-state index in [4.69, 9.17) is 20.6 Å². The van der Waals surface area contributed by atoms with Crippen molar-refractivity contribution in [3.63, 3.8) is 0 Å². The van der Waals surface area contributed by atoms with Crippen LogP contribution in [0.5, 0.6) is 0 Å². The number of nitrogens with two attached hydrogens (primary N) is 1. The lowest BCUT2D eigenvalue weighted by Crippen LogP contribution is -2.20. The lowest BCUT2D eigenvalue weighted by Gasteiger charge is -2.24.